The van der Waals surface area contributed by atoms with Crippen LogP contribution in [0.4, 0.5) is 0 Å². The smallest absolute Gasteiger partial charge is 0.352 e. The van der Waals surface area contributed by atoms with Gasteiger partial charge in [0.1, 0.15) is 6.07 Å². The molecule has 0 spiro atoms. The van der Waals surface area contributed by atoms with Gasteiger partial charge in [-0.15, -0.1) is 0 Å². The number of ether oxygens (including phenoxy) is 2. The summed E-state index contributed by atoms with van der Waals surface area (Å²) < 4.78 is 9.72. The van der Waals surface area contributed by atoms with Crippen LogP contribution < -0.4 is 0 Å². The van der Waals surface area contributed by atoms with E-state index in [0.717, 1.165) is 0 Å². The van der Waals surface area contributed by atoms with Crippen molar-refractivity contribution in [3.63, 3.8) is 0 Å². The normalized spacial score (nSPS) is 15.4. The second kappa shape index (κ2) is 4.72. The lowest BCUT2D eigenvalue weighted by atomic mass is 10.1. The van der Waals surface area contributed by atoms with Crippen LogP contribution in [0.25, 0.3) is 5.76 Å². The summed E-state index contributed by atoms with van der Waals surface area (Å²) in [6, 6.07) is 8.28. The van der Waals surface area contributed by atoms with Crippen LogP contribution in [0.3, 0.4) is 0 Å². The largest absolute Gasteiger partial charge is 0.462 e. The van der Waals surface area contributed by atoms with Crippen molar-refractivity contribution in [3.05, 3.63) is 41.0 Å². The van der Waals surface area contributed by atoms with E-state index in [-0.39, 0.29) is 17.9 Å². The Morgan fingerprint density at radius 3 is 2.67 bits per heavy atom. The number of carbonyl (C=O) groups excluding carboxylic acids is 2. The molecule has 0 unspecified atom stereocenters. The van der Waals surface area contributed by atoms with Crippen LogP contribution in [0.1, 0.15) is 22.8 Å². The number of hydrogen-bond acceptors (Lipinski definition) is 5. The number of cyclic esters (lactones) is 1. The van der Waals surface area contributed by atoms with Gasteiger partial charge < -0.3 is 9.47 Å². The summed E-state index contributed by atoms with van der Waals surface area (Å²) in [6.45, 7) is 1.78. The first kappa shape index (κ1) is 11.9. The number of fused-ring (bicyclic) bond motifs is 1. The third-order valence-electron chi connectivity index (χ3n) is 2.40. The van der Waals surface area contributed by atoms with Gasteiger partial charge in [-0.2, -0.15) is 5.26 Å². The van der Waals surface area contributed by atoms with Crippen LogP contribution in [-0.4, -0.2) is 18.5 Å². The molecule has 1 heterocycles. The van der Waals surface area contributed by atoms with Gasteiger partial charge in [0, 0.05) is 5.56 Å². The molecule has 0 saturated carbocycles. The topological polar surface area (TPSA) is 76.4 Å². The molecular weight excluding hydrogens is 234 g/mol. The quantitative estimate of drug-likeness (QED) is 0.448. The summed E-state index contributed by atoms with van der Waals surface area (Å²) in [6.07, 6.45) is 0. The van der Waals surface area contributed by atoms with E-state index in [1.165, 1.54) is 0 Å². The zero-order chi connectivity index (χ0) is 13.1. The van der Waals surface area contributed by atoms with Crippen molar-refractivity contribution in [2.45, 2.75) is 6.92 Å². The summed E-state index contributed by atoms with van der Waals surface area (Å²) in [5, 5.41) is 9.00. The number of rotatable bonds is 2. The minimum Gasteiger partial charge on any atom is -0.462 e. The van der Waals surface area contributed by atoms with Crippen LogP contribution in [0.2, 0.25) is 0 Å². The molecule has 0 bridgehead atoms. The molecule has 2 rings (SSSR count). The lowest BCUT2D eigenvalue weighted by molar-refractivity contribution is -0.138. The van der Waals surface area contributed by atoms with Crippen molar-refractivity contribution in [2.24, 2.45) is 0 Å². The molecule has 0 radical (unpaired) electrons. The van der Waals surface area contributed by atoms with E-state index >= 15 is 0 Å². The molecule has 0 atom stereocenters. The third kappa shape index (κ3) is 1.84. The molecule has 0 saturated heterocycles. The first-order chi connectivity index (χ1) is 8.69. The van der Waals surface area contributed by atoms with Gasteiger partial charge in [0.15, 0.2) is 11.3 Å². The molecule has 90 valence electrons. The molecule has 18 heavy (non-hydrogen) atoms. The fraction of sp³-hybridized carbons (Fsp3) is 0.154. The molecule has 5 nitrogen and oxygen atoms in total. The van der Waals surface area contributed by atoms with Gasteiger partial charge in [-0.3, -0.25) is 0 Å². The Labute approximate surface area is 103 Å². The van der Waals surface area contributed by atoms with Crippen molar-refractivity contribution in [3.8, 4) is 6.07 Å². The standard InChI is InChI=1S/C13H9NO4/c1-2-17-12(15)10(7-14)11-8-5-3-4-6-9(8)13(16)18-11/h3-6H,2H2,1H3/b11-10-. The second-order valence-electron chi connectivity index (χ2n) is 3.47. The maximum atomic E-state index is 11.6. The van der Waals surface area contributed by atoms with Crippen molar-refractivity contribution < 1.29 is 19.1 Å². The molecule has 1 aliphatic heterocycles. The van der Waals surface area contributed by atoms with Gasteiger partial charge >= 0.3 is 11.9 Å². The van der Waals surface area contributed by atoms with E-state index in [1.54, 1.807) is 37.3 Å². The number of carbonyl (C=O) groups is 2. The molecule has 0 aromatic heterocycles. The zero-order valence-corrected chi connectivity index (χ0v) is 9.60. The number of hydrogen-bond donors (Lipinski definition) is 0. The van der Waals surface area contributed by atoms with Gasteiger partial charge in [0.05, 0.1) is 12.2 Å². The lowest BCUT2D eigenvalue weighted by Crippen LogP contribution is -2.08. The summed E-state index contributed by atoms with van der Waals surface area (Å²) in [5.74, 6) is -1.39. The Kier molecular flexibility index (Phi) is 3.11. The third-order valence-corrected chi connectivity index (χ3v) is 2.40. The molecule has 1 aromatic rings. The monoisotopic (exact) mass is 243 g/mol. The van der Waals surface area contributed by atoms with Crippen molar-refractivity contribution in [1.82, 2.24) is 0 Å². The van der Waals surface area contributed by atoms with E-state index in [9.17, 15) is 9.59 Å². The molecule has 1 aromatic carbocycles. The molecule has 0 N–H and O–H groups in total. The summed E-state index contributed by atoms with van der Waals surface area (Å²) in [7, 11) is 0. The fourth-order valence-corrected chi connectivity index (χ4v) is 1.64. The number of nitriles is 1. The van der Waals surface area contributed by atoms with Gasteiger partial charge in [-0.25, -0.2) is 9.59 Å². The maximum absolute atomic E-state index is 11.6. The average molecular weight is 243 g/mol. The predicted octanol–water partition coefficient (Wildman–Crippen LogP) is 1.65. The highest BCUT2D eigenvalue weighted by Gasteiger charge is 2.31. The van der Waals surface area contributed by atoms with Crippen LogP contribution in [-0.2, 0) is 14.3 Å². The Balaban J connectivity index is 2.55. The minimum atomic E-state index is -0.792. The summed E-state index contributed by atoms with van der Waals surface area (Å²) in [4.78, 5) is 23.1. The zero-order valence-electron chi connectivity index (χ0n) is 9.60. The number of benzene rings is 1. The highest BCUT2D eigenvalue weighted by atomic mass is 16.6. The van der Waals surface area contributed by atoms with E-state index < -0.39 is 11.9 Å². The van der Waals surface area contributed by atoms with Crippen LogP contribution in [0.15, 0.2) is 29.8 Å². The second-order valence-corrected chi connectivity index (χ2v) is 3.47. The van der Waals surface area contributed by atoms with Crippen molar-refractivity contribution in [1.29, 1.82) is 5.26 Å². The number of nitrogens with zero attached hydrogens (tertiary/aromatic N) is 1. The van der Waals surface area contributed by atoms with Gasteiger partial charge in [-0.1, -0.05) is 18.2 Å². The molecule has 5 heteroatoms. The first-order valence-corrected chi connectivity index (χ1v) is 5.32. The molecule has 0 aliphatic carbocycles. The molecular formula is C13H9NO4. The van der Waals surface area contributed by atoms with Crippen LogP contribution >= 0.6 is 0 Å². The Hall–Kier alpha value is -2.61. The van der Waals surface area contributed by atoms with Gasteiger partial charge in [-0.05, 0) is 13.0 Å². The van der Waals surface area contributed by atoms with Gasteiger partial charge in [0.25, 0.3) is 0 Å². The molecule has 0 fully saturated rings. The SMILES string of the molecule is CCOC(=O)/C(C#N)=C1\OC(=O)c2ccccc21. The van der Waals surface area contributed by atoms with E-state index in [1.807, 2.05) is 0 Å². The lowest BCUT2D eigenvalue weighted by Gasteiger charge is -2.03. The molecule has 1 aliphatic rings. The predicted molar refractivity (Wildman–Crippen MR) is 61.0 cm³/mol. The molecule has 0 amide bonds. The Morgan fingerprint density at radius 1 is 1.39 bits per heavy atom. The van der Waals surface area contributed by atoms with Gasteiger partial charge in [0.2, 0.25) is 0 Å². The highest BCUT2D eigenvalue weighted by molar-refractivity contribution is 6.09. The summed E-state index contributed by atoms with van der Waals surface area (Å²) >= 11 is 0. The van der Waals surface area contributed by atoms with Crippen molar-refractivity contribution >= 4 is 17.7 Å². The van der Waals surface area contributed by atoms with E-state index in [2.05, 4.69) is 0 Å². The van der Waals surface area contributed by atoms with Crippen LogP contribution in [0, 0.1) is 11.3 Å². The Morgan fingerprint density at radius 2 is 2.06 bits per heavy atom. The van der Waals surface area contributed by atoms with Crippen LogP contribution in [0.5, 0.6) is 0 Å². The first-order valence-electron chi connectivity index (χ1n) is 5.32. The minimum absolute atomic E-state index is 0.0310. The maximum Gasteiger partial charge on any atom is 0.352 e. The van der Waals surface area contributed by atoms with E-state index in [0.29, 0.717) is 11.1 Å². The van der Waals surface area contributed by atoms with Crippen molar-refractivity contribution in [2.75, 3.05) is 6.61 Å². The Bertz CT molecular complexity index is 595. The average Bonchev–Trinajstić information content (AvgIpc) is 2.69. The number of esters is 2. The van der Waals surface area contributed by atoms with E-state index in [4.69, 9.17) is 14.7 Å². The highest BCUT2D eigenvalue weighted by Crippen LogP contribution is 2.32. The summed E-state index contributed by atoms with van der Waals surface area (Å²) in [5.41, 5.74) is 0.479. The fourth-order valence-electron chi connectivity index (χ4n) is 1.64.